The van der Waals surface area contributed by atoms with Crippen molar-refractivity contribution < 1.29 is 9.59 Å². The van der Waals surface area contributed by atoms with Crippen LogP contribution in [0, 0.1) is 5.92 Å². The number of carbonyl (C=O) groups excluding carboxylic acids is 2. The van der Waals surface area contributed by atoms with E-state index in [2.05, 4.69) is 41.8 Å². The quantitative estimate of drug-likeness (QED) is 0.391. The number of fused-ring (bicyclic) bond motifs is 1. The Kier molecular flexibility index (Phi) is 5.77. The summed E-state index contributed by atoms with van der Waals surface area (Å²) >= 11 is 0. The second-order valence-electron chi connectivity index (χ2n) is 8.79. The molecule has 1 aromatic carbocycles. The van der Waals surface area contributed by atoms with Crippen LogP contribution >= 0.6 is 0 Å². The summed E-state index contributed by atoms with van der Waals surface area (Å²) in [6, 6.07) is 9.58. The number of aromatic nitrogens is 4. The van der Waals surface area contributed by atoms with Crippen molar-refractivity contribution in [2.75, 3.05) is 24.7 Å². The zero-order valence-electron chi connectivity index (χ0n) is 19.0. The Morgan fingerprint density at radius 2 is 1.85 bits per heavy atom. The molecule has 9 heteroatoms. The summed E-state index contributed by atoms with van der Waals surface area (Å²) in [4.78, 5) is 35.9. The van der Waals surface area contributed by atoms with Crippen molar-refractivity contribution in [2.45, 2.75) is 19.4 Å². The molecule has 0 spiro atoms. The van der Waals surface area contributed by atoms with E-state index in [-0.39, 0.29) is 17.5 Å². The second kappa shape index (κ2) is 9.03. The van der Waals surface area contributed by atoms with Crippen molar-refractivity contribution >= 4 is 34.1 Å². The van der Waals surface area contributed by atoms with Crippen LogP contribution in [-0.4, -0.2) is 51.0 Å². The number of anilines is 2. The van der Waals surface area contributed by atoms with Gasteiger partial charge in [-0.1, -0.05) is 6.07 Å². The van der Waals surface area contributed by atoms with Crippen LogP contribution in [0.4, 0.5) is 11.4 Å². The zero-order chi connectivity index (χ0) is 23.7. The maximum absolute atomic E-state index is 13.1. The van der Waals surface area contributed by atoms with Crippen molar-refractivity contribution in [3.63, 3.8) is 0 Å². The van der Waals surface area contributed by atoms with Gasteiger partial charge in [-0.15, -0.1) is 0 Å². The topological polar surface area (TPSA) is 116 Å². The van der Waals surface area contributed by atoms with Crippen molar-refractivity contribution in [3.8, 4) is 11.1 Å². The van der Waals surface area contributed by atoms with Crippen molar-refractivity contribution in [1.29, 1.82) is 0 Å². The highest BCUT2D eigenvalue weighted by molar-refractivity contribution is 6.13. The van der Waals surface area contributed by atoms with Crippen LogP contribution in [-0.2, 0) is 11.3 Å². The molecule has 3 heterocycles. The molecular weight excluding hydrogens is 430 g/mol. The summed E-state index contributed by atoms with van der Waals surface area (Å²) < 4.78 is 0. The highest BCUT2D eigenvalue weighted by Crippen LogP contribution is 2.32. The average molecular weight is 456 g/mol. The molecule has 1 aliphatic rings. The Morgan fingerprint density at radius 3 is 2.65 bits per heavy atom. The van der Waals surface area contributed by atoms with Crippen LogP contribution in [0.2, 0.25) is 0 Å². The van der Waals surface area contributed by atoms with Crippen LogP contribution in [0.3, 0.4) is 0 Å². The first kappa shape index (κ1) is 21.7. The lowest BCUT2D eigenvalue weighted by Gasteiger charge is -2.11. The fourth-order valence-electron chi connectivity index (χ4n) is 3.83. The fraction of sp³-hybridized carbons (Fsp3) is 0.240. The Hall–Kier alpha value is -4.11. The fourth-order valence-corrected chi connectivity index (χ4v) is 3.83. The number of hydrogen-bond acceptors (Lipinski definition) is 6. The number of rotatable bonds is 7. The van der Waals surface area contributed by atoms with Crippen LogP contribution in [0.15, 0.2) is 55.1 Å². The molecule has 1 saturated carbocycles. The number of H-pyrrole nitrogens is 1. The van der Waals surface area contributed by atoms with Gasteiger partial charge in [-0.25, -0.2) is 0 Å². The lowest BCUT2D eigenvalue weighted by atomic mass is 10.0. The third-order valence-corrected chi connectivity index (χ3v) is 5.68. The molecule has 34 heavy (non-hydrogen) atoms. The van der Waals surface area contributed by atoms with Crippen molar-refractivity contribution in [1.82, 2.24) is 25.1 Å². The molecule has 0 unspecified atom stereocenters. The molecule has 9 nitrogen and oxygen atoms in total. The van der Waals surface area contributed by atoms with Gasteiger partial charge >= 0.3 is 0 Å². The van der Waals surface area contributed by atoms with Gasteiger partial charge in [-0.05, 0) is 62.3 Å². The minimum atomic E-state index is -0.391. The molecule has 5 rings (SSSR count). The largest absolute Gasteiger partial charge is 0.324 e. The van der Waals surface area contributed by atoms with Gasteiger partial charge in [0.25, 0.3) is 5.91 Å². The molecule has 1 fully saturated rings. The lowest BCUT2D eigenvalue weighted by molar-refractivity contribution is -0.117. The highest BCUT2D eigenvalue weighted by Gasteiger charge is 2.30. The third-order valence-electron chi connectivity index (χ3n) is 5.68. The molecule has 3 N–H and O–H groups in total. The molecule has 0 bridgehead atoms. The Bertz CT molecular complexity index is 1370. The van der Waals surface area contributed by atoms with E-state index in [1.54, 1.807) is 12.3 Å². The number of benzene rings is 1. The molecule has 0 radical (unpaired) electrons. The minimum absolute atomic E-state index is 0.0401. The van der Waals surface area contributed by atoms with E-state index in [1.807, 2.05) is 44.7 Å². The van der Waals surface area contributed by atoms with E-state index in [0.29, 0.717) is 16.8 Å². The summed E-state index contributed by atoms with van der Waals surface area (Å²) in [5.41, 5.74) is 4.96. The number of nitrogens with one attached hydrogen (secondary N) is 3. The van der Waals surface area contributed by atoms with E-state index in [1.165, 1.54) is 6.20 Å². The summed E-state index contributed by atoms with van der Waals surface area (Å²) in [6.45, 7) is 0.785. The van der Waals surface area contributed by atoms with Gasteiger partial charge in [-0.2, -0.15) is 5.10 Å². The highest BCUT2D eigenvalue weighted by atomic mass is 16.2. The summed E-state index contributed by atoms with van der Waals surface area (Å²) in [7, 11) is 4.03. The van der Waals surface area contributed by atoms with E-state index < -0.39 is 5.91 Å². The first-order valence-corrected chi connectivity index (χ1v) is 11.1. The van der Waals surface area contributed by atoms with Crippen LogP contribution in [0.1, 0.15) is 28.9 Å². The molecule has 3 aromatic heterocycles. The van der Waals surface area contributed by atoms with Gasteiger partial charge in [-0.3, -0.25) is 24.7 Å². The number of hydrogen-bond donors (Lipinski definition) is 3. The first-order valence-electron chi connectivity index (χ1n) is 11.1. The van der Waals surface area contributed by atoms with E-state index in [9.17, 15) is 9.59 Å². The molecule has 1 aliphatic carbocycles. The zero-order valence-corrected chi connectivity index (χ0v) is 19.0. The maximum Gasteiger partial charge on any atom is 0.276 e. The SMILES string of the molecule is CN(C)Cc1cncc(-c2ccc3[nH]nc(C(=O)Nc4cnccc4NC(=O)C4CC4)c3c2)c1. The second-order valence-corrected chi connectivity index (χ2v) is 8.79. The van der Waals surface area contributed by atoms with Gasteiger partial charge in [0.15, 0.2) is 5.69 Å². The van der Waals surface area contributed by atoms with Gasteiger partial charge < -0.3 is 15.5 Å². The third kappa shape index (κ3) is 4.65. The summed E-state index contributed by atoms with van der Waals surface area (Å²) in [5.74, 6) is -0.379. The number of carbonyl (C=O) groups is 2. The first-order chi connectivity index (χ1) is 16.5. The number of nitrogens with zero attached hydrogens (tertiary/aromatic N) is 4. The molecule has 2 amide bonds. The van der Waals surface area contributed by atoms with Gasteiger partial charge in [0.2, 0.25) is 5.91 Å². The molecule has 0 saturated heterocycles. The molecule has 0 aliphatic heterocycles. The molecule has 0 atom stereocenters. The van der Waals surface area contributed by atoms with Gasteiger partial charge in [0.05, 0.1) is 23.1 Å². The monoisotopic (exact) mass is 455 g/mol. The predicted octanol–water partition coefficient (Wildman–Crippen LogP) is 3.68. The smallest absolute Gasteiger partial charge is 0.276 e. The van der Waals surface area contributed by atoms with Crippen LogP contribution in [0.25, 0.3) is 22.0 Å². The van der Waals surface area contributed by atoms with Crippen molar-refractivity contribution in [3.05, 3.63) is 66.4 Å². The van der Waals surface area contributed by atoms with Gasteiger partial charge in [0, 0.05) is 42.0 Å². The van der Waals surface area contributed by atoms with E-state index in [0.717, 1.165) is 41.6 Å². The predicted molar refractivity (Wildman–Crippen MR) is 130 cm³/mol. The average Bonchev–Trinajstić information content (AvgIpc) is 3.59. The van der Waals surface area contributed by atoms with Crippen LogP contribution < -0.4 is 10.6 Å². The molecular formula is C25H25N7O2. The molecule has 4 aromatic rings. The van der Waals surface area contributed by atoms with E-state index in [4.69, 9.17) is 0 Å². The lowest BCUT2D eigenvalue weighted by Crippen LogP contribution is -2.18. The molecule has 172 valence electrons. The number of amides is 2. The summed E-state index contributed by atoms with van der Waals surface area (Å²) in [5, 5.41) is 13.6. The Balaban J connectivity index is 1.42. The van der Waals surface area contributed by atoms with E-state index >= 15 is 0 Å². The number of pyridine rings is 2. The number of aromatic amines is 1. The Morgan fingerprint density at radius 1 is 1.00 bits per heavy atom. The van der Waals surface area contributed by atoms with Crippen LogP contribution in [0.5, 0.6) is 0 Å². The normalized spacial score (nSPS) is 13.3. The van der Waals surface area contributed by atoms with Crippen molar-refractivity contribution in [2.24, 2.45) is 5.92 Å². The Labute approximate surface area is 196 Å². The standard InChI is InChI=1S/C25H25N7O2/c1-32(2)14-15-9-18(12-27-11-15)17-5-6-20-19(10-17)23(31-30-20)25(34)29-22-13-26-8-7-21(22)28-24(33)16-3-4-16/h5-13,16H,3-4,14H2,1-2H3,(H,29,34)(H,30,31)(H,26,28,33). The van der Waals surface area contributed by atoms with Gasteiger partial charge in [0.1, 0.15) is 0 Å². The summed E-state index contributed by atoms with van der Waals surface area (Å²) in [6.07, 6.45) is 8.55. The minimum Gasteiger partial charge on any atom is -0.324 e. The maximum atomic E-state index is 13.1.